The summed E-state index contributed by atoms with van der Waals surface area (Å²) in [5.74, 6) is 0.262. The third-order valence-electron chi connectivity index (χ3n) is 2.07. The first-order valence-corrected chi connectivity index (χ1v) is 6.26. The standard InChI is InChI=1S/C10H10N2O3S2/c1-2-3-5-8(13)11-7(15-5)4-6-9(14)12-10(16)17-6/h4,13H,2-3H2,1H3,(H,12,14,16)/b6-4-. The Morgan fingerprint density at radius 1 is 1.65 bits per heavy atom. The van der Waals surface area contributed by atoms with Crippen molar-refractivity contribution in [3.63, 3.8) is 0 Å². The van der Waals surface area contributed by atoms with Gasteiger partial charge in [0.2, 0.25) is 5.89 Å². The maximum Gasteiger partial charge on any atom is 0.263 e. The van der Waals surface area contributed by atoms with Gasteiger partial charge in [0.25, 0.3) is 11.8 Å². The Morgan fingerprint density at radius 3 is 3.00 bits per heavy atom. The number of nitrogens with zero attached hydrogens (tertiary/aromatic N) is 1. The number of aromatic nitrogens is 1. The van der Waals surface area contributed by atoms with Gasteiger partial charge in [0, 0.05) is 12.5 Å². The van der Waals surface area contributed by atoms with Gasteiger partial charge < -0.3 is 14.8 Å². The highest BCUT2D eigenvalue weighted by Crippen LogP contribution is 2.27. The topological polar surface area (TPSA) is 75.4 Å². The summed E-state index contributed by atoms with van der Waals surface area (Å²) in [5.41, 5.74) is 0. The van der Waals surface area contributed by atoms with Gasteiger partial charge in [-0.2, -0.15) is 4.98 Å². The molecule has 0 atom stereocenters. The van der Waals surface area contributed by atoms with Crippen LogP contribution in [-0.4, -0.2) is 20.3 Å². The molecule has 0 aliphatic carbocycles. The molecule has 1 aromatic rings. The van der Waals surface area contributed by atoms with E-state index in [4.69, 9.17) is 16.6 Å². The van der Waals surface area contributed by atoms with Crippen LogP contribution in [0.25, 0.3) is 6.08 Å². The van der Waals surface area contributed by atoms with E-state index in [0.717, 1.165) is 18.2 Å². The van der Waals surface area contributed by atoms with Gasteiger partial charge in [-0.3, -0.25) is 4.79 Å². The minimum Gasteiger partial charge on any atom is -0.491 e. The minimum atomic E-state index is -0.269. The molecule has 1 fully saturated rings. The molecule has 0 spiro atoms. The number of carbonyl (C=O) groups is 1. The fourth-order valence-electron chi connectivity index (χ4n) is 1.35. The molecule has 0 aromatic carbocycles. The molecule has 1 aromatic heterocycles. The highest BCUT2D eigenvalue weighted by atomic mass is 32.2. The first-order chi connectivity index (χ1) is 8.10. The van der Waals surface area contributed by atoms with Gasteiger partial charge in [0.05, 0.1) is 4.91 Å². The van der Waals surface area contributed by atoms with E-state index >= 15 is 0 Å². The summed E-state index contributed by atoms with van der Waals surface area (Å²) in [4.78, 5) is 15.6. The molecule has 2 heterocycles. The maximum atomic E-state index is 11.4. The molecule has 0 saturated carbocycles. The van der Waals surface area contributed by atoms with Crippen molar-refractivity contribution in [2.75, 3.05) is 0 Å². The molecule has 0 bridgehead atoms. The van der Waals surface area contributed by atoms with Crippen LogP contribution in [0, 0.1) is 0 Å². The third-order valence-corrected chi connectivity index (χ3v) is 3.23. The van der Waals surface area contributed by atoms with Gasteiger partial charge in [0.15, 0.2) is 5.76 Å². The van der Waals surface area contributed by atoms with E-state index in [2.05, 4.69) is 10.3 Å². The van der Waals surface area contributed by atoms with E-state index in [1.165, 1.54) is 6.08 Å². The lowest BCUT2D eigenvalue weighted by Crippen LogP contribution is -2.17. The fourth-order valence-corrected chi connectivity index (χ4v) is 2.36. The number of aromatic hydroxyl groups is 1. The predicted octanol–water partition coefficient (Wildman–Crippen LogP) is 1.82. The summed E-state index contributed by atoms with van der Waals surface area (Å²) < 4.78 is 5.73. The molecular formula is C10H10N2O3S2. The first kappa shape index (κ1) is 12.1. The van der Waals surface area contributed by atoms with E-state index in [1.807, 2.05) is 6.92 Å². The zero-order valence-corrected chi connectivity index (χ0v) is 10.7. The lowest BCUT2D eigenvalue weighted by atomic mass is 10.3. The van der Waals surface area contributed by atoms with E-state index in [9.17, 15) is 9.90 Å². The monoisotopic (exact) mass is 270 g/mol. The molecule has 2 rings (SSSR count). The zero-order valence-electron chi connectivity index (χ0n) is 9.02. The molecular weight excluding hydrogens is 260 g/mol. The quantitative estimate of drug-likeness (QED) is 0.644. The molecule has 1 saturated heterocycles. The Bertz CT molecular complexity index is 508. The highest BCUT2D eigenvalue weighted by molar-refractivity contribution is 8.26. The molecule has 0 radical (unpaired) electrons. The van der Waals surface area contributed by atoms with Gasteiger partial charge in [-0.1, -0.05) is 30.9 Å². The van der Waals surface area contributed by atoms with Crippen LogP contribution in [0.1, 0.15) is 25.0 Å². The second-order valence-electron chi connectivity index (χ2n) is 3.40. The Labute approximate surface area is 107 Å². The van der Waals surface area contributed by atoms with Crippen LogP contribution in [0.15, 0.2) is 9.32 Å². The van der Waals surface area contributed by atoms with Crippen molar-refractivity contribution in [1.29, 1.82) is 0 Å². The van der Waals surface area contributed by atoms with E-state index in [1.54, 1.807) is 0 Å². The molecule has 5 nitrogen and oxygen atoms in total. The Morgan fingerprint density at radius 2 is 2.41 bits per heavy atom. The summed E-state index contributed by atoms with van der Waals surface area (Å²) in [6.45, 7) is 1.97. The molecule has 0 unspecified atom stereocenters. The normalized spacial score (nSPS) is 17.8. The number of hydrogen-bond donors (Lipinski definition) is 2. The minimum absolute atomic E-state index is 0.121. The Hall–Kier alpha value is -1.34. The van der Waals surface area contributed by atoms with Crippen molar-refractivity contribution < 1.29 is 14.3 Å². The average molecular weight is 270 g/mol. The van der Waals surface area contributed by atoms with Gasteiger partial charge in [-0.15, -0.1) is 0 Å². The number of carbonyl (C=O) groups excluding carboxylic acids is 1. The van der Waals surface area contributed by atoms with Crippen molar-refractivity contribution in [2.45, 2.75) is 19.8 Å². The van der Waals surface area contributed by atoms with Gasteiger partial charge in [-0.05, 0) is 6.42 Å². The summed E-state index contributed by atoms with van der Waals surface area (Å²) in [6.07, 6.45) is 2.93. The number of aryl methyl sites for hydroxylation is 1. The van der Waals surface area contributed by atoms with Crippen LogP contribution in [0.5, 0.6) is 5.88 Å². The van der Waals surface area contributed by atoms with Crippen LogP contribution >= 0.6 is 24.0 Å². The second-order valence-corrected chi connectivity index (χ2v) is 5.12. The fraction of sp³-hybridized carbons (Fsp3) is 0.300. The molecule has 1 aliphatic heterocycles. The molecule has 90 valence electrons. The van der Waals surface area contributed by atoms with Gasteiger partial charge >= 0.3 is 0 Å². The van der Waals surface area contributed by atoms with Crippen LogP contribution in [0.2, 0.25) is 0 Å². The van der Waals surface area contributed by atoms with E-state index in [0.29, 0.717) is 21.4 Å². The Kier molecular flexibility index (Phi) is 3.49. The third kappa shape index (κ3) is 2.67. The maximum absolute atomic E-state index is 11.4. The smallest absolute Gasteiger partial charge is 0.263 e. The molecule has 17 heavy (non-hydrogen) atoms. The van der Waals surface area contributed by atoms with Crippen molar-refractivity contribution in [2.24, 2.45) is 0 Å². The van der Waals surface area contributed by atoms with Gasteiger partial charge in [-0.25, -0.2) is 0 Å². The van der Waals surface area contributed by atoms with Crippen LogP contribution in [-0.2, 0) is 11.2 Å². The lowest BCUT2D eigenvalue weighted by molar-refractivity contribution is -0.115. The van der Waals surface area contributed by atoms with Gasteiger partial charge in [0.1, 0.15) is 4.32 Å². The largest absolute Gasteiger partial charge is 0.491 e. The first-order valence-electron chi connectivity index (χ1n) is 5.03. The number of oxazole rings is 1. The van der Waals surface area contributed by atoms with Crippen molar-refractivity contribution in [3.05, 3.63) is 16.6 Å². The number of rotatable bonds is 3. The van der Waals surface area contributed by atoms with Crippen molar-refractivity contribution in [3.8, 4) is 5.88 Å². The molecule has 1 aliphatic rings. The summed E-state index contributed by atoms with van der Waals surface area (Å²) in [6, 6.07) is 0. The lowest BCUT2D eigenvalue weighted by Gasteiger charge is -1.90. The zero-order chi connectivity index (χ0) is 12.4. The van der Waals surface area contributed by atoms with Crippen LogP contribution < -0.4 is 5.32 Å². The summed E-state index contributed by atoms with van der Waals surface area (Å²) in [7, 11) is 0. The average Bonchev–Trinajstić information content (AvgIpc) is 2.73. The molecule has 1 amide bonds. The van der Waals surface area contributed by atoms with Crippen LogP contribution in [0.4, 0.5) is 0 Å². The van der Waals surface area contributed by atoms with E-state index in [-0.39, 0.29) is 17.7 Å². The number of hydrogen-bond acceptors (Lipinski definition) is 6. The van der Waals surface area contributed by atoms with Crippen LogP contribution in [0.3, 0.4) is 0 Å². The number of nitrogens with one attached hydrogen (secondary N) is 1. The molecule has 2 N–H and O–H groups in total. The number of thiocarbonyl (C=S) groups is 1. The Balaban J connectivity index is 2.24. The second kappa shape index (κ2) is 4.89. The van der Waals surface area contributed by atoms with Crippen molar-refractivity contribution in [1.82, 2.24) is 10.3 Å². The summed E-state index contributed by atoms with van der Waals surface area (Å²) in [5, 5.41) is 12.0. The predicted molar refractivity (Wildman–Crippen MR) is 68.5 cm³/mol. The van der Waals surface area contributed by atoms with Crippen molar-refractivity contribution >= 4 is 40.3 Å². The SMILES string of the molecule is CCCc1oc(/C=C2\SC(=S)NC2=O)nc1O. The highest BCUT2D eigenvalue weighted by Gasteiger charge is 2.23. The van der Waals surface area contributed by atoms with E-state index < -0.39 is 0 Å². The number of thioether (sulfide) groups is 1. The summed E-state index contributed by atoms with van der Waals surface area (Å²) >= 11 is 6.00. The molecule has 7 heteroatoms. The number of amides is 1.